The maximum atomic E-state index is 12.8. The molecule has 2 unspecified atom stereocenters. The monoisotopic (exact) mass is 1000 g/mol. The number of nitrogens with zero attached hydrogens (tertiary/aromatic N) is 1. The van der Waals surface area contributed by atoms with Gasteiger partial charge in [-0.2, -0.15) is 0 Å². The summed E-state index contributed by atoms with van der Waals surface area (Å²) in [6.07, 6.45) is 79.1. The van der Waals surface area contributed by atoms with Crippen molar-refractivity contribution >= 4 is 13.8 Å². The molecule has 0 rings (SSSR count). The topological polar surface area (TPSA) is 91.3 Å². The lowest BCUT2D eigenvalue weighted by Crippen LogP contribution is -2.37. The average molecular weight is 1010 g/mol. The van der Waals surface area contributed by atoms with Crippen LogP contribution in [0.15, 0.2) is 146 Å². The molecule has 2 atom stereocenters. The Balaban J connectivity index is 4.26. The highest BCUT2D eigenvalue weighted by atomic mass is 31.2. The zero-order valence-corrected chi connectivity index (χ0v) is 46.5. The van der Waals surface area contributed by atoms with Crippen molar-refractivity contribution in [3.63, 3.8) is 0 Å². The maximum Gasteiger partial charge on any atom is 0.472 e. The highest BCUT2D eigenvalue weighted by Crippen LogP contribution is 2.43. The lowest BCUT2D eigenvalue weighted by molar-refractivity contribution is -0.870. The van der Waals surface area contributed by atoms with Gasteiger partial charge >= 0.3 is 13.8 Å². The average Bonchev–Trinajstić information content (AvgIpc) is 3.33. The van der Waals surface area contributed by atoms with Crippen LogP contribution in [0.3, 0.4) is 0 Å². The van der Waals surface area contributed by atoms with Crippen LogP contribution in [-0.4, -0.2) is 75.6 Å². The molecule has 9 heteroatoms. The molecule has 0 aromatic heterocycles. The first kappa shape index (κ1) is 67.4. The molecule has 8 nitrogen and oxygen atoms in total. The molecule has 0 aromatic rings. The smallest absolute Gasteiger partial charge is 0.457 e. The van der Waals surface area contributed by atoms with E-state index >= 15 is 0 Å². The first-order valence-electron chi connectivity index (χ1n) is 27.6. The van der Waals surface area contributed by atoms with Gasteiger partial charge in [-0.3, -0.25) is 13.8 Å². The van der Waals surface area contributed by atoms with E-state index in [1.54, 1.807) is 0 Å². The van der Waals surface area contributed by atoms with E-state index in [1.165, 1.54) is 38.5 Å². The predicted octanol–water partition coefficient (Wildman–Crippen LogP) is 17.6. The number of unbranched alkanes of at least 4 members (excludes halogenated alkanes) is 11. The quantitative estimate of drug-likeness (QED) is 0.0213. The second-order valence-corrected chi connectivity index (χ2v) is 20.3. The number of esters is 1. The van der Waals surface area contributed by atoms with Crippen LogP contribution in [0.2, 0.25) is 0 Å². The van der Waals surface area contributed by atoms with Crippen LogP contribution in [0.4, 0.5) is 0 Å². The first-order chi connectivity index (χ1) is 34.6. The predicted molar refractivity (Wildman–Crippen MR) is 306 cm³/mol. The van der Waals surface area contributed by atoms with Crippen molar-refractivity contribution in [2.75, 3.05) is 54.1 Å². The normalized spacial score (nSPS) is 14.6. The summed E-state index contributed by atoms with van der Waals surface area (Å²) in [7, 11) is 1.61. The third-order valence-electron chi connectivity index (χ3n) is 10.9. The Kier molecular flexibility index (Phi) is 50.0. The molecule has 0 aromatic carbocycles. The maximum absolute atomic E-state index is 12.8. The fourth-order valence-corrected chi connectivity index (χ4v) is 7.48. The molecule has 0 saturated heterocycles. The summed E-state index contributed by atoms with van der Waals surface area (Å²) < 4.78 is 35.1. The van der Waals surface area contributed by atoms with Crippen molar-refractivity contribution in [3.05, 3.63) is 146 Å². The molecule has 71 heavy (non-hydrogen) atoms. The fourth-order valence-electron chi connectivity index (χ4n) is 6.73. The number of hydrogen-bond donors (Lipinski definition) is 1. The van der Waals surface area contributed by atoms with Gasteiger partial charge in [0.05, 0.1) is 34.4 Å². The van der Waals surface area contributed by atoms with Crippen molar-refractivity contribution in [3.8, 4) is 0 Å². The largest absolute Gasteiger partial charge is 0.472 e. The molecule has 0 saturated carbocycles. The third-order valence-corrected chi connectivity index (χ3v) is 11.9. The van der Waals surface area contributed by atoms with E-state index in [2.05, 4.69) is 160 Å². The fraction of sp³-hybridized carbons (Fsp3) is 0.597. The Labute approximate surface area is 436 Å². The summed E-state index contributed by atoms with van der Waals surface area (Å²) in [6.45, 7) is 5.24. The second kappa shape index (κ2) is 52.7. The highest BCUT2D eigenvalue weighted by Gasteiger charge is 2.26. The van der Waals surface area contributed by atoms with Gasteiger partial charge in [-0.05, 0) is 116 Å². The van der Waals surface area contributed by atoms with Crippen LogP contribution in [0.5, 0.6) is 0 Å². The van der Waals surface area contributed by atoms with Crippen LogP contribution in [0, 0.1) is 0 Å². The number of carbonyl (C=O) groups excluding carboxylic acids is 1. The van der Waals surface area contributed by atoms with Crippen molar-refractivity contribution in [1.29, 1.82) is 0 Å². The molecule has 0 aliphatic rings. The number of allylic oxidation sites excluding steroid dienone is 24. The summed E-state index contributed by atoms with van der Waals surface area (Å²) >= 11 is 0. The van der Waals surface area contributed by atoms with Crippen LogP contribution < -0.4 is 0 Å². The minimum absolute atomic E-state index is 0.0693. The van der Waals surface area contributed by atoms with Gasteiger partial charge in [0.1, 0.15) is 19.3 Å². The van der Waals surface area contributed by atoms with Gasteiger partial charge in [0.25, 0.3) is 0 Å². The van der Waals surface area contributed by atoms with Crippen molar-refractivity contribution in [2.24, 2.45) is 0 Å². The summed E-state index contributed by atoms with van der Waals surface area (Å²) in [4.78, 5) is 23.1. The summed E-state index contributed by atoms with van der Waals surface area (Å²) in [5, 5.41) is 0. The van der Waals surface area contributed by atoms with Crippen molar-refractivity contribution < 1.29 is 37.3 Å². The molecule has 402 valence electrons. The molecule has 0 radical (unpaired) electrons. The number of hydrogen-bond acceptors (Lipinski definition) is 6. The van der Waals surface area contributed by atoms with Crippen molar-refractivity contribution in [1.82, 2.24) is 0 Å². The van der Waals surface area contributed by atoms with E-state index in [1.807, 2.05) is 21.1 Å². The molecule has 1 N–H and O–H groups in total. The molecular formula is C62H103NO7P+. The van der Waals surface area contributed by atoms with E-state index in [9.17, 15) is 14.3 Å². The van der Waals surface area contributed by atoms with Crippen LogP contribution >= 0.6 is 7.82 Å². The number of quaternary nitrogens is 1. The summed E-state index contributed by atoms with van der Waals surface area (Å²) in [6, 6.07) is 0. The Hall–Kier alpha value is -3.62. The molecule has 0 bridgehead atoms. The van der Waals surface area contributed by atoms with Gasteiger partial charge in [-0.15, -0.1) is 0 Å². The number of rotatable bonds is 49. The summed E-state index contributed by atoms with van der Waals surface area (Å²) in [5.74, 6) is -0.342. The second-order valence-electron chi connectivity index (χ2n) is 18.8. The number of carbonyl (C=O) groups is 1. The third kappa shape index (κ3) is 57.2. The summed E-state index contributed by atoms with van der Waals surface area (Å²) in [5.41, 5.74) is 0. The van der Waals surface area contributed by atoms with Crippen LogP contribution in [0.1, 0.15) is 181 Å². The Morgan fingerprint density at radius 1 is 0.437 bits per heavy atom. The molecule has 0 heterocycles. The van der Waals surface area contributed by atoms with E-state index in [0.29, 0.717) is 24.1 Å². The Morgan fingerprint density at radius 2 is 0.775 bits per heavy atom. The minimum atomic E-state index is -4.31. The van der Waals surface area contributed by atoms with Crippen molar-refractivity contribution in [2.45, 2.75) is 187 Å². The Bertz CT molecular complexity index is 1640. The van der Waals surface area contributed by atoms with E-state index in [4.69, 9.17) is 18.5 Å². The van der Waals surface area contributed by atoms with Gasteiger partial charge in [0.15, 0.2) is 0 Å². The zero-order valence-electron chi connectivity index (χ0n) is 45.6. The molecule has 0 aliphatic heterocycles. The molecule has 0 spiro atoms. The van der Waals surface area contributed by atoms with Crippen LogP contribution in [-0.2, 0) is 27.9 Å². The Morgan fingerprint density at radius 3 is 1.15 bits per heavy atom. The number of likely N-dealkylation sites (N-methyl/N-ethyl adjacent to an activating group) is 1. The molecule has 0 aliphatic carbocycles. The number of phosphoric ester groups is 1. The zero-order chi connectivity index (χ0) is 51.9. The van der Waals surface area contributed by atoms with Gasteiger partial charge < -0.3 is 18.9 Å². The highest BCUT2D eigenvalue weighted by molar-refractivity contribution is 7.47. The molecule has 0 amide bonds. The lowest BCUT2D eigenvalue weighted by Gasteiger charge is -2.24. The van der Waals surface area contributed by atoms with E-state index < -0.39 is 13.9 Å². The number of phosphoric acid groups is 1. The van der Waals surface area contributed by atoms with Gasteiger partial charge in [0.2, 0.25) is 0 Å². The lowest BCUT2D eigenvalue weighted by atomic mass is 10.1. The van der Waals surface area contributed by atoms with Gasteiger partial charge in [-0.1, -0.05) is 205 Å². The van der Waals surface area contributed by atoms with E-state index in [0.717, 1.165) is 122 Å². The first-order valence-corrected chi connectivity index (χ1v) is 29.1. The minimum Gasteiger partial charge on any atom is -0.457 e. The molecular weight excluding hydrogens is 902 g/mol. The number of ether oxygens (including phenoxy) is 2. The SMILES string of the molecule is CC/C=C\C/C=C\C/C=C\C/C=C\C/C=C\C/C=C\C/C=C\CCCCOCC(COP(=O)(O)OCC[N+](C)(C)C)OC(=O)CCCCCCCCCCC/C=C\C/C=C\C/C=C\C/C=C\C/C=C\CC. The van der Waals surface area contributed by atoms with E-state index in [-0.39, 0.29) is 25.8 Å². The van der Waals surface area contributed by atoms with Gasteiger partial charge in [0, 0.05) is 13.0 Å². The standard InChI is InChI=1S/C62H102NO7P/c1-6-8-10-12-14-16-18-20-22-24-26-28-30-32-33-35-37-39-41-43-45-47-49-51-53-55-62(64)70-61(60-69-71(65,66)68-58-56-63(3,4)5)59-67-57-54-52-50-48-46-44-42-40-38-36-34-31-29-27-25-23-21-19-17-15-13-11-9-7-2/h8-11,14-17,20-23,26-29,32-34,36,40,42,46,48,61H,6-7,12-13,18-19,24-25,30-31,35,37-39,41,43-45,47,49-60H2,1-5H3/p+1/b10-8-,11-9-,16-14-,17-15-,22-20-,23-21-,28-26-,29-27-,33-32-,36-34-,42-40-,48-46-. The van der Waals surface area contributed by atoms with Gasteiger partial charge in [-0.25, -0.2) is 4.57 Å². The molecule has 0 fully saturated rings. The van der Waals surface area contributed by atoms with Crippen LogP contribution in [0.25, 0.3) is 0 Å².